The van der Waals surface area contributed by atoms with Gasteiger partial charge >= 0.3 is 0 Å². The molecule has 2 heterocycles. The van der Waals surface area contributed by atoms with Gasteiger partial charge in [-0.15, -0.1) is 11.3 Å². The molecule has 6 nitrogen and oxygen atoms in total. The molecule has 20 heavy (non-hydrogen) atoms. The summed E-state index contributed by atoms with van der Waals surface area (Å²) in [5, 5.41) is 11.6. The van der Waals surface area contributed by atoms with E-state index in [0.29, 0.717) is 24.5 Å². The van der Waals surface area contributed by atoms with Crippen molar-refractivity contribution in [1.29, 1.82) is 0 Å². The van der Waals surface area contributed by atoms with Gasteiger partial charge in [-0.1, -0.05) is 0 Å². The lowest BCUT2D eigenvalue weighted by molar-refractivity contribution is 0.579. The summed E-state index contributed by atoms with van der Waals surface area (Å²) in [4.78, 5) is 1.26. The third-order valence-corrected chi connectivity index (χ3v) is 5.59. The second-order valence-electron chi connectivity index (χ2n) is 4.51. The Bertz CT molecular complexity index is 688. The van der Waals surface area contributed by atoms with E-state index in [9.17, 15) is 8.42 Å². The van der Waals surface area contributed by atoms with E-state index >= 15 is 0 Å². The van der Waals surface area contributed by atoms with Gasteiger partial charge in [-0.3, -0.25) is 5.10 Å². The predicted octanol–water partition coefficient (Wildman–Crippen LogP) is 1.29. The van der Waals surface area contributed by atoms with Crippen LogP contribution in [0, 0.1) is 13.8 Å². The molecule has 0 unspecified atom stereocenters. The Morgan fingerprint density at radius 2 is 2.10 bits per heavy atom. The monoisotopic (exact) mass is 314 g/mol. The maximum Gasteiger partial charge on any atom is 0.244 e. The van der Waals surface area contributed by atoms with E-state index in [1.165, 1.54) is 0 Å². The first kappa shape index (κ1) is 15.2. The van der Waals surface area contributed by atoms with E-state index in [-0.39, 0.29) is 4.90 Å². The molecule has 0 fully saturated rings. The predicted molar refractivity (Wildman–Crippen MR) is 79.2 cm³/mol. The van der Waals surface area contributed by atoms with Crippen molar-refractivity contribution in [1.82, 2.24) is 20.2 Å². The Morgan fingerprint density at radius 1 is 1.35 bits per heavy atom. The van der Waals surface area contributed by atoms with Crippen molar-refractivity contribution in [3.8, 4) is 0 Å². The average molecular weight is 314 g/mol. The van der Waals surface area contributed by atoms with Gasteiger partial charge in [0.15, 0.2) is 0 Å². The van der Waals surface area contributed by atoms with Crippen LogP contribution >= 0.6 is 11.3 Å². The summed E-state index contributed by atoms with van der Waals surface area (Å²) in [5.74, 6) is 0. The molecule has 110 valence electrons. The number of thiophene rings is 1. The minimum atomic E-state index is -3.57. The zero-order valence-corrected chi connectivity index (χ0v) is 13.3. The number of nitrogens with one attached hydrogen (secondary N) is 3. The Balaban J connectivity index is 2.22. The number of aromatic nitrogens is 2. The lowest BCUT2D eigenvalue weighted by Gasteiger charge is -2.07. The molecule has 0 aliphatic carbocycles. The summed E-state index contributed by atoms with van der Waals surface area (Å²) in [6, 6.07) is 1.98. The highest BCUT2D eigenvalue weighted by Crippen LogP contribution is 2.20. The van der Waals surface area contributed by atoms with Crippen molar-refractivity contribution in [2.24, 2.45) is 0 Å². The zero-order chi connectivity index (χ0) is 14.8. The van der Waals surface area contributed by atoms with E-state index in [1.807, 2.05) is 18.4 Å². The fourth-order valence-electron chi connectivity index (χ4n) is 1.93. The second-order valence-corrected chi connectivity index (χ2v) is 7.21. The third-order valence-electron chi connectivity index (χ3n) is 2.97. The molecular weight excluding hydrogens is 296 g/mol. The molecule has 2 rings (SSSR count). The molecule has 0 amide bonds. The largest absolute Gasteiger partial charge is 0.314 e. The number of hydrogen-bond donors (Lipinski definition) is 3. The SMILES string of the molecule is CNCc1n[nH]c(C)c1S(=O)(=O)NCc1sccc1C. The number of hydrogen-bond acceptors (Lipinski definition) is 5. The first-order valence-electron chi connectivity index (χ1n) is 6.16. The van der Waals surface area contributed by atoms with Gasteiger partial charge in [-0.05, 0) is 37.9 Å². The van der Waals surface area contributed by atoms with Crippen LogP contribution in [0.2, 0.25) is 0 Å². The van der Waals surface area contributed by atoms with Crippen LogP contribution in [-0.2, 0) is 23.1 Å². The second kappa shape index (κ2) is 6.04. The van der Waals surface area contributed by atoms with Crippen LogP contribution in [0.5, 0.6) is 0 Å². The lowest BCUT2D eigenvalue weighted by Crippen LogP contribution is -2.25. The van der Waals surface area contributed by atoms with Crippen LogP contribution in [0.3, 0.4) is 0 Å². The first-order chi connectivity index (χ1) is 9.45. The van der Waals surface area contributed by atoms with Crippen molar-refractivity contribution < 1.29 is 8.42 Å². The third kappa shape index (κ3) is 3.09. The van der Waals surface area contributed by atoms with Gasteiger partial charge in [0.1, 0.15) is 4.90 Å². The topological polar surface area (TPSA) is 86.9 Å². The van der Waals surface area contributed by atoms with Gasteiger partial charge in [0.25, 0.3) is 0 Å². The molecule has 0 aliphatic rings. The number of nitrogens with zero attached hydrogens (tertiary/aromatic N) is 1. The van der Waals surface area contributed by atoms with Crippen LogP contribution in [-0.4, -0.2) is 25.7 Å². The summed E-state index contributed by atoms with van der Waals surface area (Å²) >= 11 is 1.54. The van der Waals surface area contributed by atoms with Gasteiger partial charge in [0, 0.05) is 18.0 Å². The standard InChI is InChI=1S/C12H18N4O2S2/c1-8-4-5-19-11(8)7-14-20(17,18)12-9(2)15-16-10(12)6-13-3/h4-5,13-14H,6-7H2,1-3H3,(H,15,16). The molecule has 0 aliphatic heterocycles. The molecule has 8 heteroatoms. The highest BCUT2D eigenvalue weighted by Gasteiger charge is 2.23. The first-order valence-corrected chi connectivity index (χ1v) is 8.53. The summed E-state index contributed by atoms with van der Waals surface area (Å²) in [5.41, 5.74) is 2.14. The maximum atomic E-state index is 12.4. The molecule has 2 aromatic rings. The van der Waals surface area contributed by atoms with Gasteiger partial charge in [-0.2, -0.15) is 5.10 Å². The Morgan fingerprint density at radius 3 is 2.70 bits per heavy atom. The van der Waals surface area contributed by atoms with Crippen molar-refractivity contribution in [2.45, 2.75) is 31.8 Å². The number of H-pyrrole nitrogens is 1. The van der Waals surface area contributed by atoms with Crippen LogP contribution in [0.25, 0.3) is 0 Å². The highest BCUT2D eigenvalue weighted by molar-refractivity contribution is 7.89. The number of aryl methyl sites for hydroxylation is 2. The van der Waals surface area contributed by atoms with E-state index < -0.39 is 10.0 Å². The van der Waals surface area contributed by atoms with Crippen LogP contribution in [0.15, 0.2) is 16.3 Å². The van der Waals surface area contributed by atoms with Crippen molar-refractivity contribution in [3.05, 3.63) is 33.3 Å². The number of rotatable bonds is 6. The van der Waals surface area contributed by atoms with Crippen LogP contribution in [0.1, 0.15) is 21.8 Å². The highest BCUT2D eigenvalue weighted by atomic mass is 32.2. The molecule has 2 aromatic heterocycles. The normalized spacial score (nSPS) is 11.9. The van der Waals surface area contributed by atoms with Crippen LogP contribution < -0.4 is 10.0 Å². The maximum absolute atomic E-state index is 12.4. The molecule has 0 aromatic carbocycles. The average Bonchev–Trinajstić information content (AvgIpc) is 2.94. The Hall–Kier alpha value is -1.22. The lowest BCUT2D eigenvalue weighted by atomic mass is 10.3. The van der Waals surface area contributed by atoms with E-state index in [2.05, 4.69) is 20.2 Å². The fourth-order valence-corrected chi connectivity index (χ4v) is 4.22. The number of aromatic amines is 1. The molecule has 0 radical (unpaired) electrons. The van der Waals surface area contributed by atoms with E-state index in [4.69, 9.17) is 0 Å². The molecule has 0 atom stereocenters. The van der Waals surface area contributed by atoms with Gasteiger partial charge in [-0.25, -0.2) is 13.1 Å². The van der Waals surface area contributed by atoms with Crippen molar-refractivity contribution in [3.63, 3.8) is 0 Å². The number of sulfonamides is 1. The van der Waals surface area contributed by atoms with Gasteiger partial charge < -0.3 is 5.32 Å². The molecule has 0 bridgehead atoms. The van der Waals surface area contributed by atoms with Gasteiger partial charge in [0.2, 0.25) is 10.0 Å². The molecule has 0 saturated carbocycles. The zero-order valence-electron chi connectivity index (χ0n) is 11.6. The Labute approximate surface area is 122 Å². The summed E-state index contributed by atoms with van der Waals surface area (Å²) in [6.45, 7) is 4.38. The molecule has 0 spiro atoms. The molecule has 0 saturated heterocycles. The van der Waals surface area contributed by atoms with Crippen LogP contribution in [0.4, 0.5) is 0 Å². The molecular formula is C12H18N4O2S2. The summed E-state index contributed by atoms with van der Waals surface area (Å²) in [6.07, 6.45) is 0. The minimum Gasteiger partial charge on any atom is -0.314 e. The Kier molecular flexibility index (Phi) is 4.59. The van der Waals surface area contributed by atoms with Crippen molar-refractivity contribution >= 4 is 21.4 Å². The minimum absolute atomic E-state index is 0.237. The quantitative estimate of drug-likeness (QED) is 0.750. The smallest absolute Gasteiger partial charge is 0.244 e. The van der Waals surface area contributed by atoms with Crippen molar-refractivity contribution in [2.75, 3.05) is 7.05 Å². The summed E-state index contributed by atoms with van der Waals surface area (Å²) < 4.78 is 27.5. The van der Waals surface area contributed by atoms with Gasteiger partial charge in [0.05, 0.1) is 11.4 Å². The fraction of sp³-hybridized carbons (Fsp3) is 0.417. The van der Waals surface area contributed by atoms with E-state index in [0.717, 1.165) is 10.4 Å². The van der Waals surface area contributed by atoms with E-state index in [1.54, 1.807) is 25.3 Å². The molecule has 3 N–H and O–H groups in total. The summed E-state index contributed by atoms with van der Waals surface area (Å²) in [7, 11) is -1.82.